The van der Waals surface area contributed by atoms with Gasteiger partial charge in [-0.05, 0) is 48.9 Å². The van der Waals surface area contributed by atoms with E-state index in [4.69, 9.17) is 4.74 Å². The summed E-state index contributed by atoms with van der Waals surface area (Å²) in [6.07, 6.45) is 3.38. The number of benzene rings is 2. The van der Waals surface area contributed by atoms with E-state index in [9.17, 15) is 9.18 Å². The van der Waals surface area contributed by atoms with Crippen molar-refractivity contribution in [2.45, 2.75) is 32.0 Å². The lowest BCUT2D eigenvalue weighted by molar-refractivity contribution is 0.107. The van der Waals surface area contributed by atoms with Crippen molar-refractivity contribution >= 4 is 50.1 Å². The third kappa shape index (κ3) is 5.73. The van der Waals surface area contributed by atoms with Crippen LogP contribution in [0.2, 0.25) is 0 Å². The number of aromatic nitrogens is 4. The van der Waals surface area contributed by atoms with Gasteiger partial charge in [0.1, 0.15) is 18.2 Å². The number of anilines is 2. The maximum atomic E-state index is 13.6. The molecule has 1 amide bonds. The first-order chi connectivity index (χ1) is 19.5. The minimum atomic E-state index is -0.400. The molecule has 2 aromatic carbocycles. The lowest BCUT2D eigenvalue weighted by Crippen LogP contribution is -2.29. The van der Waals surface area contributed by atoms with E-state index < -0.39 is 6.09 Å². The number of carbonyl (C=O) groups excluding carboxylic acids is 1. The number of fused-ring (bicyclic) bond motifs is 2. The van der Waals surface area contributed by atoms with Crippen LogP contribution in [0.15, 0.2) is 61.1 Å². The SMILES string of the molecule is CCNC(=O)OC1CNC(C#Cc2cc3ncnc(Nc4ccc5c(cnn5Cc5cccc(F)c5)c4)c3s2)C1. The maximum absolute atomic E-state index is 13.6. The molecule has 1 fully saturated rings. The molecule has 0 saturated carbocycles. The molecule has 11 heteroatoms. The van der Waals surface area contributed by atoms with Crippen molar-refractivity contribution in [2.24, 2.45) is 0 Å². The minimum absolute atomic E-state index is 0.0538. The summed E-state index contributed by atoms with van der Waals surface area (Å²) < 4.78 is 21.7. The Balaban J connectivity index is 1.16. The van der Waals surface area contributed by atoms with Crippen LogP contribution >= 0.6 is 11.3 Å². The number of hydrogen-bond donors (Lipinski definition) is 3. The van der Waals surface area contributed by atoms with Gasteiger partial charge in [0.25, 0.3) is 0 Å². The van der Waals surface area contributed by atoms with E-state index >= 15 is 0 Å². The highest BCUT2D eigenvalue weighted by atomic mass is 32.1. The topological polar surface area (TPSA) is 106 Å². The van der Waals surface area contributed by atoms with E-state index in [1.54, 1.807) is 12.3 Å². The van der Waals surface area contributed by atoms with Gasteiger partial charge in [-0.1, -0.05) is 24.0 Å². The first kappa shape index (κ1) is 25.7. The van der Waals surface area contributed by atoms with Crippen LogP contribution in [-0.4, -0.2) is 51.1 Å². The van der Waals surface area contributed by atoms with Crippen LogP contribution in [0.1, 0.15) is 23.8 Å². The van der Waals surface area contributed by atoms with Crippen molar-refractivity contribution in [1.29, 1.82) is 0 Å². The normalized spacial score (nSPS) is 16.6. The number of alkyl carbamates (subject to hydrolysis) is 1. The van der Waals surface area contributed by atoms with E-state index in [1.807, 2.05) is 41.9 Å². The van der Waals surface area contributed by atoms with Gasteiger partial charge in [0, 0.05) is 30.6 Å². The van der Waals surface area contributed by atoms with E-state index in [2.05, 4.69) is 42.9 Å². The van der Waals surface area contributed by atoms with Crippen molar-refractivity contribution < 1.29 is 13.9 Å². The zero-order valence-corrected chi connectivity index (χ0v) is 22.5. The molecular weight excluding hydrogens is 529 g/mol. The van der Waals surface area contributed by atoms with Crippen molar-refractivity contribution in [3.63, 3.8) is 0 Å². The smallest absolute Gasteiger partial charge is 0.407 e. The molecule has 2 unspecified atom stereocenters. The molecule has 2 atom stereocenters. The predicted octanol–water partition coefficient (Wildman–Crippen LogP) is 4.80. The van der Waals surface area contributed by atoms with E-state index in [-0.39, 0.29) is 18.0 Å². The van der Waals surface area contributed by atoms with Crippen LogP contribution in [0.25, 0.3) is 21.1 Å². The van der Waals surface area contributed by atoms with Gasteiger partial charge in [-0.25, -0.2) is 19.2 Å². The minimum Gasteiger partial charge on any atom is -0.445 e. The van der Waals surface area contributed by atoms with Gasteiger partial charge in [-0.3, -0.25) is 10.00 Å². The monoisotopic (exact) mass is 555 g/mol. The summed E-state index contributed by atoms with van der Waals surface area (Å²) in [4.78, 5) is 21.4. The van der Waals surface area contributed by atoms with Crippen LogP contribution < -0.4 is 16.0 Å². The second-order valence-electron chi connectivity index (χ2n) is 9.40. The molecule has 1 saturated heterocycles. The number of nitrogens with one attached hydrogen (secondary N) is 3. The van der Waals surface area contributed by atoms with Gasteiger partial charge in [0.15, 0.2) is 5.82 Å². The zero-order chi connectivity index (χ0) is 27.5. The van der Waals surface area contributed by atoms with Gasteiger partial charge < -0.3 is 15.4 Å². The van der Waals surface area contributed by atoms with Crippen molar-refractivity contribution in [3.8, 4) is 11.8 Å². The van der Waals surface area contributed by atoms with Gasteiger partial charge in [0.05, 0.1) is 39.4 Å². The second kappa shape index (κ2) is 11.3. The Morgan fingerprint density at radius 3 is 3.05 bits per heavy atom. The molecule has 1 aliphatic rings. The Bertz CT molecular complexity index is 1760. The zero-order valence-electron chi connectivity index (χ0n) is 21.6. The lowest BCUT2D eigenvalue weighted by Gasteiger charge is -2.10. The van der Waals surface area contributed by atoms with Crippen molar-refractivity contribution in [2.75, 3.05) is 18.4 Å². The average molecular weight is 556 g/mol. The second-order valence-corrected chi connectivity index (χ2v) is 10.5. The molecule has 1 aliphatic heterocycles. The van der Waals surface area contributed by atoms with Crippen LogP contribution in [0, 0.1) is 17.7 Å². The van der Waals surface area contributed by atoms with Gasteiger partial charge in [0.2, 0.25) is 0 Å². The summed E-state index contributed by atoms with van der Waals surface area (Å²) >= 11 is 1.52. The quantitative estimate of drug-likeness (QED) is 0.259. The number of amides is 1. The first-order valence-electron chi connectivity index (χ1n) is 12.9. The molecule has 3 aromatic heterocycles. The van der Waals surface area contributed by atoms with Crippen LogP contribution in [-0.2, 0) is 11.3 Å². The number of nitrogens with zero attached hydrogens (tertiary/aromatic N) is 4. The first-order valence-corrected chi connectivity index (χ1v) is 13.8. The summed E-state index contributed by atoms with van der Waals surface area (Å²) in [5, 5.41) is 14.8. The molecule has 5 aromatic rings. The summed E-state index contributed by atoms with van der Waals surface area (Å²) in [5.74, 6) is 6.92. The summed E-state index contributed by atoms with van der Waals surface area (Å²) in [5.41, 5.74) is 3.48. The molecule has 202 valence electrons. The summed E-state index contributed by atoms with van der Waals surface area (Å²) in [6, 6.07) is 14.4. The third-order valence-electron chi connectivity index (χ3n) is 6.49. The molecule has 6 rings (SSSR count). The fraction of sp³-hybridized carbons (Fsp3) is 0.241. The highest BCUT2D eigenvalue weighted by Crippen LogP contribution is 2.31. The molecule has 4 heterocycles. The Morgan fingerprint density at radius 2 is 2.17 bits per heavy atom. The number of ether oxygens (including phenoxy) is 1. The molecule has 9 nitrogen and oxygen atoms in total. The van der Waals surface area contributed by atoms with Crippen molar-refractivity contribution in [3.05, 3.63) is 77.3 Å². The Kier molecular flexibility index (Phi) is 7.27. The van der Waals surface area contributed by atoms with E-state index in [0.717, 1.165) is 37.2 Å². The highest BCUT2D eigenvalue weighted by Gasteiger charge is 2.25. The van der Waals surface area contributed by atoms with Crippen LogP contribution in [0.5, 0.6) is 0 Å². The van der Waals surface area contributed by atoms with E-state index in [0.29, 0.717) is 31.9 Å². The highest BCUT2D eigenvalue weighted by molar-refractivity contribution is 7.20. The number of carbonyl (C=O) groups is 1. The predicted molar refractivity (Wildman–Crippen MR) is 153 cm³/mol. The maximum Gasteiger partial charge on any atom is 0.407 e. The molecule has 0 radical (unpaired) electrons. The molecule has 0 aliphatic carbocycles. The molecule has 0 bridgehead atoms. The average Bonchev–Trinajstić information content (AvgIpc) is 3.67. The van der Waals surface area contributed by atoms with Crippen LogP contribution in [0.3, 0.4) is 0 Å². The third-order valence-corrected chi connectivity index (χ3v) is 7.54. The Labute approximate surface area is 233 Å². The molecule has 3 N–H and O–H groups in total. The molecule has 40 heavy (non-hydrogen) atoms. The number of hydrogen-bond acceptors (Lipinski definition) is 8. The molecular formula is C29H26FN7O2S. The molecule has 0 spiro atoms. The van der Waals surface area contributed by atoms with Gasteiger partial charge >= 0.3 is 6.09 Å². The largest absolute Gasteiger partial charge is 0.445 e. The lowest BCUT2D eigenvalue weighted by atomic mass is 10.2. The fourth-order valence-electron chi connectivity index (χ4n) is 4.64. The number of thiophene rings is 1. The standard InChI is InChI=1S/C29H26FN7O2S/c1-2-31-29(38)39-23-12-21(32-15-23)6-8-24-13-25-27(40-24)28(34-17-33-25)36-22-7-9-26-19(11-22)14-35-37(26)16-18-4-3-5-20(30)10-18/h3-5,7,9-11,13-14,17,21,23,32H,2,12,15-16H2,1H3,(H,31,38)(H,33,34,36). The number of rotatable bonds is 6. The summed E-state index contributed by atoms with van der Waals surface area (Å²) in [7, 11) is 0. The van der Waals surface area contributed by atoms with Gasteiger partial charge in [-0.15, -0.1) is 11.3 Å². The van der Waals surface area contributed by atoms with E-state index in [1.165, 1.54) is 29.8 Å². The fourth-order valence-corrected chi connectivity index (χ4v) is 5.56. The van der Waals surface area contributed by atoms with Gasteiger partial charge in [-0.2, -0.15) is 5.10 Å². The number of halogens is 1. The van der Waals surface area contributed by atoms with Crippen LogP contribution in [0.4, 0.5) is 20.7 Å². The van der Waals surface area contributed by atoms with Crippen molar-refractivity contribution in [1.82, 2.24) is 30.4 Å². The summed E-state index contributed by atoms with van der Waals surface area (Å²) in [6.45, 7) is 3.45. The Hall–Kier alpha value is -4.53. The Morgan fingerprint density at radius 1 is 1.25 bits per heavy atom.